The van der Waals surface area contributed by atoms with Crippen LogP contribution in [0, 0.1) is 17.0 Å². The van der Waals surface area contributed by atoms with Crippen LogP contribution in [-0.2, 0) is 13.0 Å². The number of rotatable bonds is 6. The first-order valence-electron chi connectivity index (χ1n) is 6.09. The molecule has 2 N–H and O–H groups in total. The molecule has 1 heterocycles. The van der Waals surface area contributed by atoms with E-state index in [4.69, 9.17) is 0 Å². The molecule has 0 atom stereocenters. The highest BCUT2D eigenvalue weighted by atomic mass is 16.6. The lowest BCUT2D eigenvalue weighted by molar-refractivity contribution is -0.385. The van der Waals surface area contributed by atoms with Crippen molar-refractivity contribution in [3.05, 3.63) is 57.7 Å². The van der Waals surface area contributed by atoms with E-state index in [1.54, 1.807) is 31.5 Å². The molecule has 0 aliphatic heterocycles. The summed E-state index contributed by atoms with van der Waals surface area (Å²) in [4.78, 5) is 17.6. The predicted octanol–water partition coefficient (Wildman–Crippen LogP) is 1.96. The summed E-state index contributed by atoms with van der Waals surface area (Å²) >= 11 is 0. The lowest BCUT2D eigenvalue weighted by Crippen LogP contribution is -2.17. The highest BCUT2D eigenvalue weighted by Crippen LogP contribution is 2.18. The second-order valence-electron chi connectivity index (χ2n) is 4.34. The molecule has 1 aromatic heterocycles. The van der Waals surface area contributed by atoms with E-state index in [1.807, 2.05) is 6.07 Å². The van der Waals surface area contributed by atoms with Crippen LogP contribution in [0.15, 0.2) is 30.6 Å². The molecular formula is C13H16N4O2. The molecule has 0 fully saturated rings. The van der Waals surface area contributed by atoms with E-state index in [1.165, 1.54) is 0 Å². The first-order valence-corrected chi connectivity index (χ1v) is 6.09. The van der Waals surface area contributed by atoms with Gasteiger partial charge >= 0.3 is 0 Å². The first kappa shape index (κ1) is 13.2. The zero-order valence-electron chi connectivity index (χ0n) is 10.7. The predicted molar refractivity (Wildman–Crippen MR) is 71.8 cm³/mol. The molecule has 0 unspecified atom stereocenters. The van der Waals surface area contributed by atoms with E-state index < -0.39 is 0 Å². The minimum Gasteiger partial charge on any atom is -0.349 e. The third-order valence-electron chi connectivity index (χ3n) is 2.89. The average molecular weight is 260 g/mol. The maximum Gasteiger partial charge on any atom is 0.272 e. The van der Waals surface area contributed by atoms with E-state index in [2.05, 4.69) is 15.3 Å². The fourth-order valence-corrected chi connectivity index (χ4v) is 1.84. The Morgan fingerprint density at radius 2 is 2.32 bits per heavy atom. The van der Waals surface area contributed by atoms with Gasteiger partial charge in [0.2, 0.25) is 0 Å². The van der Waals surface area contributed by atoms with E-state index in [9.17, 15) is 10.1 Å². The number of nitrogens with one attached hydrogen (secondary N) is 2. The quantitative estimate of drug-likeness (QED) is 0.472. The lowest BCUT2D eigenvalue weighted by Gasteiger charge is -2.05. The average Bonchev–Trinajstić information content (AvgIpc) is 2.89. The molecule has 6 nitrogen and oxygen atoms in total. The molecule has 0 radical (unpaired) electrons. The Morgan fingerprint density at radius 1 is 1.47 bits per heavy atom. The van der Waals surface area contributed by atoms with E-state index in [0.717, 1.165) is 24.4 Å². The monoisotopic (exact) mass is 260 g/mol. The Hall–Kier alpha value is -2.21. The zero-order chi connectivity index (χ0) is 13.7. The van der Waals surface area contributed by atoms with Gasteiger partial charge in [0.05, 0.1) is 4.92 Å². The number of benzene rings is 1. The number of nitrogens with zero attached hydrogens (tertiary/aromatic N) is 2. The highest BCUT2D eigenvalue weighted by Gasteiger charge is 2.10. The summed E-state index contributed by atoms with van der Waals surface area (Å²) in [6.45, 7) is 3.13. The van der Waals surface area contributed by atoms with Crippen molar-refractivity contribution in [1.29, 1.82) is 0 Å². The van der Waals surface area contributed by atoms with E-state index in [0.29, 0.717) is 12.1 Å². The Bertz CT molecular complexity index is 552. The zero-order valence-corrected chi connectivity index (χ0v) is 10.7. The van der Waals surface area contributed by atoms with Gasteiger partial charge in [0, 0.05) is 43.5 Å². The molecule has 0 spiro atoms. The van der Waals surface area contributed by atoms with Gasteiger partial charge in [-0.15, -0.1) is 0 Å². The van der Waals surface area contributed by atoms with Crippen molar-refractivity contribution in [1.82, 2.24) is 15.3 Å². The van der Waals surface area contributed by atoms with Crippen molar-refractivity contribution in [2.45, 2.75) is 19.9 Å². The number of aromatic nitrogens is 2. The van der Waals surface area contributed by atoms with Crippen LogP contribution < -0.4 is 5.32 Å². The molecule has 0 aliphatic rings. The topological polar surface area (TPSA) is 83.8 Å². The molecule has 6 heteroatoms. The molecule has 2 rings (SSSR count). The second-order valence-corrected chi connectivity index (χ2v) is 4.34. The van der Waals surface area contributed by atoms with Gasteiger partial charge in [-0.25, -0.2) is 4.98 Å². The molecule has 2 aromatic rings. The summed E-state index contributed by atoms with van der Waals surface area (Å²) in [5.41, 5.74) is 1.77. The second kappa shape index (κ2) is 6.10. The number of imidazole rings is 1. The van der Waals surface area contributed by atoms with Crippen molar-refractivity contribution >= 4 is 5.69 Å². The van der Waals surface area contributed by atoms with Crippen LogP contribution in [0.4, 0.5) is 5.69 Å². The van der Waals surface area contributed by atoms with Gasteiger partial charge in [-0.3, -0.25) is 10.1 Å². The van der Waals surface area contributed by atoms with Gasteiger partial charge < -0.3 is 10.3 Å². The maximum atomic E-state index is 10.8. The van der Waals surface area contributed by atoms with Crippen LogP contribution in [0.25, 0.3) is 0 Å². The van der Waals surface area contributed by atoms with Gasteiger partial charge in [-0.1, -0.05) is 12.1 Å². The smallest absolute Gasteiger partial charge is 0.272 e. The van der Waals surface area contributed by atoms with Crippen molar-refractivity contribution in [3.63, 3.8) is 0 Å². The van der Waals surface area contributed by atoms with Gasteiger partial charge in [0.15, 0.2) is 0 Å². The largest absolute Gasteiger partial charge is 0.349 e. The highest BCUT2D eigenvalue weighted by molar-refractivity contribution is 5.42. The summed E-state index contributed by atoms with van der Waals surface area (Å²) in [7, 11) is 0. The van der Waals surface area contributed by atoms with Crippen molar-refractivity contribution in [2.24, 2.45) is 0 Å². The van der Waals surface area contributed by atoms with Crippen molar-refractivity contribution in [2.75, 3.05) is 6.54 Å². The Balaban J connectivity index is 1.86. The fourth-order valence-electron chi connectivity index (χ4n) is 1.84. The molecule has 1 aromatic carbocycles. The number of nitro benzene ring substituents is 1. The number of nitro groups is 1. The minimum atomic E-state index is -0.346. The number of H-pyrrole nitrogens is 1. The summed E-state index contributed by atoms with van der Waals surface area (Å²) < 4.78 is 0. The summed E-state index contributed by atoms with van der Waals surface area (Å²) in [5, 5.41) is 14.1. The van der Waals surface area contributed by atoms with Crippen LogP contribution in [0.3, 0.4) is 0 Å². The molecule has 0 amide bonds. The van der Waals surface area contributed by atoms with E-state index in [-0.39, 0.29) is 10.6 Å². The van der Waals surface area contributed by atoms with Crippen LogP contribution >= 0.6 is 0 Å². The Morgan fingerprint density at radius 3 is 3.00 bits per heavy atom. The Labute approximate surface area is 111 Å². The van der Waals surface area contributed by atoms with Crippen molar-refractivity contribution < 1.29 is 4.92 Å². The summed E-state index contributed by atoms with van der Waals surface area (Å²) in [6.07, 6.45) is 4.32. The number of aryl methyl sites for hydroxylation is 1. The first-order chi connectivity index (χ1) is 9.16. The van der Waals surface area contributed by atoms with Gasteiger partial charge in [-0.2, -0.15) is 0 Å². The van der Waals surface area contributed by atoms with Crippen LogP contribution in [0.1, 0.15) is 17.0 Å². The molecule has 0 saturated heterocycles. The number of hydrogen-bond acceptors (Lipinski definition) is 4. The molecular weight excluding hydrogens is 244 g/mol. The van der Waals surface area contributed by atoms with Crippen molar-refractivity contribution in [3.8, 4) is 0 Å². The lowest BCUT2D eigenvalue weighted by atomic mass is 10.1. The molecule has 0 saturated carbocycles. The van der Waals surface area contributed by atoms with Crippen LogP contribution in [-0.4, -0.2) is 21.4 Å². The third-order valence-corrected chi connectivity index (χ3v) is 2.89. The number of aromatic amines is 1. The minimum absolute atomic E-state index is 0.172. The Kier molecular flexibility index (Phi) is 4.25. The molecule has 0 aliphatic carbocycles. The third kappa shape index (κ3) is 3.62. The standard InChI is InChI=1S/C13H16N4O2/c1-10-2-3-11(8-12(10)17(18)19)9-14-5-4-13-15-6-7-16-13/h2-3,6-8,14H,4-5,9H2,1H3,(H,15,16). The SMILES string of the molecule is Cc1ccc(CNCCc2ncc[nH]2)cc1[N+](=O)[O-]. The number of hydrogen-bond donors (Lipinski definition) is 2. The fraction of sp³-hybridized carbons (Fsp3) is 0.308. The maximum absolute atomic E-state index is 10.8. The van der Waals surface area contributed by atoms with Gasteiger partial charge in [-0.05, 0) is 12.5 Å². The van der Waals surface area contributed by atoms with Gasteiger partial charge in [0.25, 0.3) is 5.69 Å². The molecule has 100 valence electrons. The van der Waals surface area contributed by atoms with E-state index >= 15 is 0 Å². The summed E-state index contributed by atoms with van der Waals surface area (Å²) in [5.74, 6) is 0.933. The van der Waals surface area contributed by atoms with Crippen LogP contribution in [0.5, 0.6) is 0 Å². The molecule has 19 heavy (non-hydrogen) atoms. The van der Waals surface area contributed by atoms with Gasteiger partial charge in [0.1, 0.15) is 5.82 Å². The van der Waals surface area contributed by atoms with Crippen LogP contribution in [0.2, 0.25) is 0 Å². The normalized spacial score (nSPS) is 10.6. The summed E-state index contributed by atoms with van der Waals surface area (Å²) in [6, 6.07) is 5.30. The molecule has 0 bridgehead atoms.